The SMILES string of the molecule is Cc1nsc(Nc2ncnc(N)c2Cl)n1. The number of anilines is 3. The van der Waals surface area contributed by atoms with Gasteiger partial charge in [0.25, 0.3) is 0 Å². The second-order valence-electron chi connectivity index (χ2n) is 2.69. The van der Waals surface area contributed by atoms with E-state index in [-0.39, 0.29) is 10.8 Å². The number of nitrogens with two attached hydrogens (primary N) is 1. The summed E-state index contributed by atoms with van der Waals surface area (Å²) in [7, 11) is 0. The second-order valence-corrected chi connectivity index (χ2v) is 3.82. The molecule has 0 bridgehead atoms. The molecule has 0 aliphatic rings. The van der Waals surface area contributed by atoms with E-state index in [1.165, 1.54) is 17.9 Å². The highest BCUT2D eigenvalue weighted by atomic mass is 35.5. The Bertz CT molecular complexity index is 484. The number of nitrogens with one attached hydrogen (secondary N) is 1. The van der Waals surface area contributed by atoms with E-state index < -0.39 is 0 Å². The summed E-state index contributed by atoms with van der Waals surface area (Å²) in [6, 6.07) is 0. The van der Waals surface area contributed by atoms with Crippen LogP contribution in [0.4, 0.5) is 16.8 Å². The normalized spacial score (nSPS) is 10.3. The maximum absolute atomic E-state index is 5.89. The number of nitrogen functional groups attached to an aromatic ring is 1. The van der Waals surface area contributed by atoms with Gasteiger partial charge in [-0.15, -0.1) is 0 Å². The minimum atomic E-state index is 0.232. The maximum atomic E-state index is 5.89. The van der Waals surface area contributed by atoms with Gasteiger partial charge >= 0.3 is 0 Å². The molecule has 78 valence electrons. The van der Waals surface area contributed by atoms with Gasteiger partial charge in [0.05, 0.1) is 0 Å². The van der Waals surface area contributed by atoms with Gasteiger partial charge in [-0.3, -0.25) is 0 Å². The molecule has 0 unspecified atom stereocenters. The van der Waals surface area contributed by atoms with E-state index in [2.05, 4.69) is 24.6 Å². The lowest BCUT2D eigenvalue weighted by Crippen LogP contribution is -1.99. The summed E-state index contributed by atoms with van der Waals surface area (Å²) in [6.45, 7) is 1.80. The Kier molecular flexibility index (Phi) is 2.65. The summed E-state index contributed by atoms with van der Waals surface area (Å²) in [5.74, 6) is 1.36. The number of aromatic nitrogens is 4. The first kappa shape index (κ1) is 10.1. The molecule has 0 aromatic carbocycles. The lowest BCUT2D eigenvalue weighted by molar-refractivity contribution is 1.15. The number of hydrogen-bond donors (Lipinski definition) is 2. The minimum absolute atomic E-state index is 0.232. The lowest BCUT2D eigenvalue weighted by atomic mass is 10.5. The van der Waals surface area contributed by atoms with Crippen molar-refractivity contribution in [1.29, 1.82) is 0 Å². The molecule has 0 radical (unpaired) electrons. The van der Waals surface area contributed by atoms with Gasteiger partial charge < -0.3 is 11.1 Å². The van der Waals surface area contributed by atoms with Crippen molar-refractivity contribution in [3.63, 3.8) is 0 Å². The number of hydrogen-bond acceptors (Lipinski definition) is 7. The first-order chi connectivity index (χ1) is 7.16. The van der Waals surface area contributed by atoms with Crippen molar-refractivity contribution >= 4 is 39.9 Å². The van der Waals surface area contributed by atoms with Crippen LogP contribution in [-0.2, 0) is 0 Å². The highest BCUT2D eigenvalue weighted by Crippen LogP contribution is 2.26. The zero-order chi connectivity index (χ0) is 10.8. The van der Waals surface area contributed by atoms with Crippen molar-refractivity contribution in [3.05, 3.63) is 17.2 Å². The summed E-state index contributed by atoms with van der Waals surface area (Å²) >= 11 is 7.12. The van der Waals surface area contributed by atoms with E-state index in [4.69, 9.17) is 17.3 Å². The Morgan fingerprint density at radius 2 is 2.27 bits per heavy atom. The van der Waals surface area contributed by atoms with Crippen LogP contribution in [0.3, 0.4) is 0 Å². The van der Waals surface area contributed by atoms with Crippen LogP contribution in [0.15, 0.2) is 6.33 Å². The van der Waals surface area contributed by atoms with E-state index in [1.54, 1.807) is 6.92 Å². The largest absolute Gasteiger partial charge is 0.382 e. The van der Waals surface area contributed by atoms with E-state index in [0.717, 1.165) is 0 Å². The first-order valence-corrected chi connectivity index (χ1v) is 5.15. The van der Waals surface area contributed by atoms with Crippen molar-refractivity contribution in [2.45, 2.75) is 6.92 Å². The summed E-state index contributed by atoms with van der Waals surface area (Å²) in [5.41, 5.74) is 5.52. The standard InChI is InChI=1S/C7H7ClN6S/c1-3-12-7(15-14-3)13-6-4(8)5(9)10-2-11-6/h2H,1H3,(H3,9,10,11,12,13,14). The molecule has 0 spiro atoms. The molecule has 0 fully saturated rings. The van der Waals surface area contributed by atoms with Gasteiger partial charge in [0.15, 0.2) is 5.82 Å². The Balaban J connectivity index is 2.28. The summed E-state index contributed by atoms with van der Waals surface area (Å²) < 4.78 is 4.02. The topological polar surface area (TPSA) is 89.6 Å². The fourth-order valence-electron chi connectivity index (χ4n) is 0.920. The molecule has 0 saturated carbocycles. The average molecular weight is 243 g/mol. The summed E-state index contributed by atoms with van der Waals surface area (Å²) in [4.78, 5) is 11.8. The molecule has 3 N–H and O–H groups in total. The van der Waals surface area contributed by atoms with E-state index >= 15 is 0 Å². The van der Waals surface area contributed by atoms with Crippen molar-refractivity contribution in [2.24, 2.45) is 0 Å². The number of aryl methyl sites for hydroxylation is 1. The van der Waals surface area contributed by atoms with Crippen molar-refractivity contribution in [1.82, 2.24) is 19.3 Å². The summed E-state index contributed by atoms with van der Waals surface area (Å²) in [6.07, 6.45) is 1.33. The molecule has 8 heteroatoms. The fraction of sp³-hybridized carbons (Fsp3) is 0.143. The zero-order valence-electron chi connectivity index (χ0n) is 7.73. The Morgan fingerprint density at radius 1 is 1.47 bits per heavy atom. The molecule has 0 atom stereocenters. The molecule has 0 saturated heterocycles. The lowest BCUT2D eigenvalue weighted by Gasteiger charge is -2.03. The third-order valence-electron chi connectivity index (χ3n) is 1.57. The highest BCUT2D eigenvalue weighted by Gasteiger charge is 2.08. The Labute approximate surface area is 94.7 Å². The molecule has 2 aromatic rings. The molecule has 6 nitrogen and oxygen atoms in total. The van der Waals surface area contributed by atoms with Crippen LogP contribution in [0.2, 0.25) is 5.02 Å². The molecule has 0 aliphatic heterocycles. The van der Waals surface area contributed by atoms with Gasteiger partial charge in [-0.05, 0) is 6.92 Å². The molecule has 15 heavy (non-hydrogen) atoms. The van der Waals surface area contributed by atoms with Gasteiger partial charge in [-0.1, -0.05) is 11.6 Å². The van der Waals surface area contributed by atoms with Crippen LogP contribution in [-0.4, -0.2) is 19.3 Å². The zero-order valence-corrected chi connectivity index (χ0v) is 9.30. The molecule has 2 aromatic heterocycles. The Morgan fingerprint density at radius 3 is 2.93 bits per heavy atom. The second kappa shape index (κ2) is 3.95. The number of halogens is 1. The van der Waals surface area contributed by atoms with Gasteiger partial charge in [0.2, 0.25) is 5.13 Å². The Hall–Kier alpha value is -1.47. The van der Waals surface area contributed by atoms with Gasteiger partial charge in [0.1, 0.15) is 23.0 Å². The van der Waals surface area contributed by atoms with Gasteiger partial charge in [-0.2, -0.15) is 4.37 Å². The third kappa shape index (κ3) is 2.13. The van der Waals surface area contributed by atoms with Crippen LogP contribution >= 0.6 is 23.1 Å². The average Bonchev–Trinajstić information content (AvgIpc) is 2.59. The highest BCUT2D eigenvalue weighted by molar-refractivity contribution is 7.09. The molecular weight excluding hydrogens is 236 g/mol. The molecule has 2 rings (SSSR count). The maximum Gasteiger partial charge on any atom is 0.208 e. The van der Waals surface area contributed by atoms with Gasteiger partial charge in [-0.25, -0.2) is 15.0 Å². The molecular formula is C7H7ClN6S. The first-order valence-electron chi connectivity index (χ1n) is 4.00. The van der Waals surface area contributed by atoms with Crippen LogP contribution in [0.25, 0.3) is 0 Å². The predicted molar refractivity (Wildman–Crippen MR) is 59.4 cm³/mol. The van der Waals surface area contributed by atoms with Crippen LogP contribution < -0.4 is 11.1 Å². The molecule has 0 amide bonds. The van der Waals surface area contributed by atoms with E-state index in [9.17, 15) is 0 Å². The van der Waals surface area contributed by atoms with Crippen molar-refractivity contribution in [2.75, 3.05) is 11.1 Å². The molecule has 0 aliphatic carbocycles. The third-order valence-corrected chi connectivity index (χ3v) is 2.66. The van der Waals surface area contributed by atoms with Crippen LogP contribution in [0.5, 0.6) is 0 Å². The summed E-state index contributed by atoms with van der Waals surface area (Å²) in [5, 5.41) is 3.82. The van der Waals surface area contributed by atoms with Crippen LogP contribution in [0, 0.1) is 6.92 Å². The van der Waals surface area contributed by atoms with Crippen molar-refractivity contribution < 1.29 is 0 Å². The fourth-order valence-corrected chi connectivity index (χ4v) is 1.64. The monoisotopic (exact) mass is 242 g/mol. The number of rotatable bonds is 2. The molecule has 2 heterocycles. The van der Waals surface area contributed by atoms with E-state index in [1.807, 2.05) is 0 Å². The quantitative estimate of drug-likeness (QED) is 0.832. The minimum Gasteiger partial charge on any atom is -0.382 e. The van der Waals surface area contributed by atoms with Crippen molar-refractivity contribution in [3.8, 4) is 0 Å². The number of nitrogens with zero attached hydrogens (tertiary/aromatic N) is 4. The smallest absolute Gasteiger partial charge is 0.208 e. The van der Waals surface area contributed by atoms with Crippen LogP contribution in [0.1, 0.15) is 5.82 Å². The van der Waals surface area contributed by atoms with Gasteiger partial charge in [0, 0.05) is 11.5 Å². The predicted octanol–water partition coefficient (Wildman–Crippen LogP) is 1.62. The van der Waals surface area contributed by atoms with E-state index in [0.29, 0.717) is 16.8 Å².